The van der Waals surface area contributed by atoms with Gasteiger partial charge in [0, 0.05) is 38.3 Å². The van der Waals surface area contributed by atoms with E-state index in [0.717, 1.165) is 39.2 Å². The average molecular weight is 473 g/mol. The topological polar surface area (TPSA) is 79.3 Å². The number of benzene rings is 1. The van der Waals surface area contributed by atoms with Gasteiger partial charge in [-0.05, 0) is 51.2 Å². The first kappa shape index (κ1) is 25.3. The summed E-state index contributed by atoms with van der Waals surface area (Å²) in [6.45, 7) is 7.27. The number of carbonyl (C=O) groups is 2. The van der Waals surface area contributed by atoms with E-state index in [1.54, 1.807) is 0 Å². The molecule has 1 aromatic rings. The highest BCUT2D eigenvalue weighted by Gasteiger charge is 2.48. The molecule has 3 fully saturated rings. The second kappa shape index (κ2) is 10.7. The van der Waals surface area contributed by atoms with Crippen molar-refractivity contribution in [1.29, 1.82) is 0 Å². The second-order valence-corrected chi connectivity index (χ2v) is 8.62. The zero-order valence-electron chi connectivity index (χ0n) is 18.8. The summed E-state index contributed by atoms with van der Waals surface area (Å²) < 4.78 is 43.3. The molecule has 10 heteroatoms. The number of alkyl halides is 3. The molecular weight excluding hydrogens is 441 g/mol. The van der Waals surface area contributed by atoms with Gasteiger partial charge in [0.05, 0.1) is 18.3 Å². The molecule has 3 heterocycles. The predicted octanol–water partition coefficient (Wildman–Crippen LogP) is 3.58. The molecule has 33 heavy (non-hydrogen) atoms. The number of hydrogen-bond donors (Lipinski definition) is 1. The Hall–Kier alpha value is -2.33. The number of carboxylic acids is 1. The Kier molecular flexibility index (Phi) is 8.23. The van der Waals surface area contributed by atoms with Gasteiger partial charge in [-0.3, -0.25) is 9.69 Å². The van der Waals surface area contributed by atoms with E-state index >= 15 is 0 Å². The van der Waals surface area contributed by atoms with Gasteiger partial charge in [-0.15, -0.1) is 0 Å². The molecule has 0 aliphatic carbocycles. The number of amides is 1. The number of likely N-dealkylation sites (tertiary alicyclic amines) is 2. The minimum absolute atomic E-state index is 0.108. The zero-order chi connectivity index (χ0) is 24.1. The van der Waals surface area contributed by atoms with Crippen molar-refractivity contribution in [2.24, 2.45) is 0 Å². The largest absolute Gasteiger partial charge is 0.493 e. The molecule has 184 valence electrons. The Balaban J connectivity index is 0.000000383. The number of aliphatic carboxylic acids is 1. The van der Waals surface area contributed by atoms with Crippen molar-refractivity contribution in [1.82, 2.24) is 9.80 Å². The lowest BCUT2D eigenvalue weighted by atomic mass is 9.77. The minimum Gasteiger partial charge on any atom is -0.493 e. The van der Waals surface area contributed by atoms with Gasteiger partial charge in [0.2, 0.25) is 0 Å². The highest BCUT2D eigenvalue weighted by molar-refractivity contribution is 5.97. The van der Waals surface area contributed by atoms with Gasteiger partial charge in [0.1, 0.15) is 5.75 Å². The van der Waals surface area contributed by atoms with E-state index < -0.39 is 12.1 Å². The number of halogens is 3. The summed E-state index contributed by atoms with van der Waals surface area (Å²) in [6.07, 6.45) is 1.12. The van der Waals surface area contributed by atoms with E-state index in [2.05, 4.69) is 4.90 Å². The Morgan fingerprint density at radius 3 is 2.52 bits per heavy atom. The SMILES string of the molecule is CCOc1ccccc1C(=O)N1CCCC2(CCN2CC2CCCO2)C1.O=C(O)C(F)(F)F. The van der Waals surface area contributed by atoms with Crippen molar-refractivity contribution in [2.75, 3.05) is 39.4 Å². The summed E-state index contributed by atoms with van der Waals surface area (Å²) in [6, 6.07) is 7.63. The highest BCUT2D eigenvalue weighted by atomic mass is 19.4. The van der Waals surface area contributed by atoms with E-state index in [4.69, 9.17) is 19.4 Å². The summed E-state index contributed by atoms with van der Waals surface area (Å²) in [7, 11) is 0. The van der Waals surface area contributed by atoms with E-state index in [0.29, 0.717) is 24.0 Å². The van der Waals surface area contributed by atoms with Crippen LogP contribution in [0.2, 0.25) is 0 Å². The van der Waals surface area contributed by atoms with Crippen LogP contribution in [0.1, 0.15) is 49.4 Å². The van der Waals surface area contributed by atoms with Crippen LogP contribution in [-0.2, 0) is 9.53 Å². The summed E-state index contributed by atoms with van der Waals surface area (Å²) >= 11 is 0. The molecule has 0 aromatic heterocycles. The number of piperidine rings is 1. The molecule has 3 aliphatic rings. The zero-order valence-corrected chi connectivity index (χ0v) is 18.8. The second-order valence-electron chi connectivity index (χ2n) is 8.62. The van der Waals surface area contributed by atoms with Crippen molar-refractivity contribution in [2.45, 2.75) is 56.8 Å². The molecule has 1 N–H and O–H groups in total. The van der Waals surface area contributed by atoms with Crippen LogP contribution in [0, 0.1) is 0 Å². The van der Waals surface area contributed by atoms with Gasteiger partial charge in [0.15, 0.2) is 0 Å². The molecule has 0 radical (unpaired) electrons. The van der Waals surface area contributed by atoms with Gasteiger partial charge < -0.3 is 19.5 Å². The Bertz CT molecular complexity index is 829. The number of carboxylic acid groups (broad SMARTS) is 1. The molecule has 4 rings (SSSR count). The number of rotatable bonds is 5. The van der Waals surface area contributed by atoms with Crippen LogP contribution in [0.4, 0.5) is 13.2 Å². The Morgan fingerprint density at radius 2 is 1.94 bits per heavy atom. The number of nitrogens with zero attached hydrogens (tertiary/aromatic N) is 2. The molecule has 3 aliphatic heterocycles. The molecule has 3 saturated heterocycles. The Labute approximate surface area is 191 Å². The first-order valence-corrected chi connectivity index (χ1v) is 11.3. The number of ether oxygens (including phenoxy) is 2. The van der Waals surface area contributed by atoms with E-state index in [-0.39, 0.29) is 11.4 Å². The first-order chi connectivity index (χ1) is 15.7. The molecule has 1 amide bonds. The van der Waals surface area contributed by atoms with E-state index in [1.165, 1.54) is 25.7 Å². The van der Waals surface area contributed by atoms with Crippen LogP contribution in [0.25, 0.3) is 0 Å². The maximum atomic E-state index is 13.2. The molecular formula is C23H31F3N2O5. The minimum atomic E-state index is -5.08. The highest BCUT2D eigenvalue weighted by Crippen LogP contribution is 2.40. The first-order valence-electron chi connectivity index (χ1n) is 11.3. The van der Waals surface area contributed by atoms with Crippen molar-refractivity contribution < 1.29 is 37.3 Å². The van der Waals surface area contributed by atoms with Crippen molar-refractivity contribution in [3.05, 3.63) is 29.8 Å². The fourth-order valence-corrected chi connectivity index (χ4v) is 4.75. The normalized spacial score (nSPS) is 25.2. The number of carbonyl (C=O) groups excluding carboxylic acids is 1. The van der Waals surface area contributed by atoms with Crippen LogP contribution in [0.3, 0.4) is 0 Å². The predicted molar refractivity (Wildman–Crippen MR) is 114 cm³/mol. The quantitative estimate of drug-likeness (QED) is 0.706. The van der Waals surface area contributed by atoms with Gasteiger partial charge in [-0.25, -0.2) is 4.79 Å². The lowest BCUT2D eigenvalue weighted by molar-refractivity contribution is -0.192. The van der Waals surface area contributed by atoms with Crippen LogP contribution < -0.4 is 4.74 Å². The number of para-hydroxylation sites is 1. The summed E-state index contributed by atoms with van der Waals surface area (Å²) in [5, 5.41) is 7.12. The summed E-state index contributed by atoms with van der Waals surface area (Å²) in [5.41, 5.74) is 0.858. The van der Waals surface area contributed by atoms with Crippen LogP contribution in [0.5, 0.6) is 5.75 Å². The van der Waals surface area contributed by atoms with Crippen molar-refractivity contribution in [3.8, 4) is 5.75 Å². The molecule has 1 aromatic carbocycles. The maximum Gasteiger partial charge on any atom is 0.490 e. The lowest BCUT2D eigenvalue weighted by Crippen LogP contribution is -2.68. The average Bonchev–Trinajstić information content (AvgIpc) is 3.30. The molecule has 0 saturated carbocycles. The third-order valence-electron chi connectivity index (χ3n) is 6.47. The third kappa shape index (κ3) is 6.17. The fourth-order valence-electron chi connectivity index (χ4n) is 4.75. The standard InChI is InChI=1S/C21H30N2O3.C2HF3O2/c1-2-25-19-9-4-3-8-18(19)20(24)22-12-6-10-21(16-22)11-13-23(21)15-17-7-5-14-26-17;3-2(4,5)1(6)7/h3-4,8-9,17H,2,5-7,10-16H2,1H3;(H,6,7). The maximum absolute atomic E-state index is 13.2. The van der Waals surface area contributed by atoms with Gasteiger partial charge >= 0.3 is 12.1 Å². The fraction of sp³-hybridized carbons (Fsp3) is 0.652. The molecule has 2 atom stereocenters. The van der Waals surface area contributed by atoms with Crippen molar-refractivity contribution >= 4 is 11.9 Å². The van der Waals surface area contributed by atoms with Crippen molar-refractivity contribution in [3.63, 3.8) is 0 Å². The lowest BCUT2D eigenvalue weighted by Gasteiger charge is -2.57. The Morgan fingerprint density at radius 1 is 1.21 bits per heavy atom. The summed E-state index contributed by atoms with van der Waals surface area (Å²) in [5.74, 6) is -1.95. The van der Waals surface area contributed by atoms with E-state index in [9.17, 15) is 18.0 Å². The van der Waals surface area contributed by atoms with Crippen LogP contribution >= 0.6 is 0 Å². The van der Waals surface area contributed by atoms with Gasteiger partial charge in [-0.1, -0.05) is 12.1 Å². The number of hydrogen-bond acceptors (Lipinski definition) is 5. The smallest absolute Gasteiger partial charge is 0.490 e. The molecule has 0 bridgehead atoms. The van der Waals surface area contributed by atoms with Crippen LogP contribution in [0.15, 0.2) is 24.3 Å². The van der Waals surface area contributed by atoms with Gasteiger partial charge in [-0.2, -0.15) is 13.2 Å². The molecule has 2 unspecified atom stereocenters. The summed E-state index contributed by atoms with van der Waals surface area (Å²) in [4.78, 5) is 26.7. The molecule has 7 nitrogen and oxygen atoms in total. The third-order valence-corrected chi connectivity index (χ3v) is 6.47. The monoisotopic (exact) mass is 472 g/mol. The molecule has 1 spiro atoms. The van der Waals surface area contributed by atoms with Crippen LogP contribution in [-0.4, -0.2) is 84.0 Å². The van der Waals surface area contributed by atoms with Gasteiger partial charge in [0.25, 0.3) is 5.91 Å². The van der Waals surface area contributed by atoms with E-state index in [1.807, 2.05) is 36.1 Å².